The van der Waals surface area contributed by atoms with Crippen molar-refractivity contribution < 1.29 is 4.92 Å². The quantitative estimate of drug-likeness (QED) is 0.422. The Morgan fingerprint density at radius 1 is 1.17 bits per heavy atom. The number of halogens is 2. The van der Waals surface area contributed by atoms with Gasteiger partial charge >= 0.3 is 0 Å². The van der Waals surface area contributed by atoms with Crippen LogP contribution in [0.3, 0.4) is 0 Å². The number of hydrogen-bond acceptors (Lipinski definition) is 3. The highest BCUT2D eigenvalue weighted by atomic mass is 35.5. The molecule has 0 aromatic heterocycles. The molecule has 1 heterocycles. The van der Waals surface area contributed by atoms with Gasteiger partial charge in [0.2, 0.25) is 0 Å². The molecule has 1 N–H and O–H groups in total. The normalized spacial score (nSPS) is 24.2. The number of allylic oxidation sites excluding steroid dienone is 2. The Hall–Kier alpha value is -2.04. The zero-order valence-electron chi connectivity index (χ0n) is 12.6. The molecule has 0 saturated carbocycles. The molecule has 0 unspecified atom stereocenters. The highest BCUT2D eigenvalue weighted by molar-refractivity contribution is 6.35. The maximum Gasteiger partial charge on any atom is 0.292 e. The van der Waals surface area contributed by atoms with Crippen LogP contribution >= 0.6 is 23.2 Å². The topological polar surface area (TPSA) is 55.2 Å². The van der Waals surface area contributed by atoms with Crippen LogP contribution in [0.5, 0.6) is 0 Å². The number of benzene rings is 2. The van der Waals surface area contributed by atoms with Crippen LogP contribution in [0, 0.1) is 16.0 Å². The summed E-state index contributed by atoms with van der Waals surface area (Å²) in [6.45, 7) is 0. The van der Waals surface area contributed by atoms with Gasteiger partial charge in [0.15, 0.2) is 0 Å². The first-order chi connectivity index (χ1) is 11.6. The fourth-order valence-electron chi connectivity index (χ4n) is 3.82. The molecule has 0 spiro atoms. The summed E-state index contributed by atoms with van der Waals surface area (Å²) in [7, 11) is 0. The Labute approximate surface area is 149 Å². The largest absolute Gasteiger partial charge is 0.372 e. The lowest BCUT2D eigenvalue weighted by molar-refractivity contribution is -0.384. The fraction of sp³-hybridized carbons (Fsp3) is 0.222. The Morgan fingerprint density at radius 3 is 2.75 bits per heavy atom. The number of nitro groups is 1. The van der Waals surface area contributed by atoms with E-state index in [2.05, 4.69) is 17.5 Å². The van der Waals surface area contributed by atoms with E-state index in [1.54, 1.807) is 18.2 Å². The molecule has 122 valence electrons. The highest BCUT2D eigenvalue weighted by Gasteiger charge is 2.40. The van der Waals surface area contributed by atoms with E-state index in [9.17, 15) is 10.1 Å². The van der Waals surface area contributed by atoms with Gasteiger partial charge in [-0.2, -0.15) is 0 Å². The summed E-state index contributed by atoms with van der Waals surface area (Å²) in [6, 6.07) is 10.6. The third-order valence-electron chi connectivity index (χ3n) is 4.87. The molecule has 4 nitrogen and oxygen atoms in total. The minimum Gasteiger partial charge on any atom is -0.372 e. The predicted octanol–water partition coefficient (Wildman–Crippen LogP) is 5.73. The van der Waals surface area contributed by atoms with Crippen molar-refractivity contribution in [2.45, 2.75) is 18.4 Å². The van der Waals surface area contributed by atoms with E-state index >= 15 is 0 Å². The lowest BCUT2D eigenvalue weighted by atomic mass is 9.77. The SMILES string of the molecule is O=[N+]([O-])c1cccc2c1N[C@H](c1ccc(Cl)cc1Cl)[C@@H]1CC=C[C@@H]21. The average Bonchev–Trinajstić information content (AvgIpc) is 3.03. The first-order valence-electron chi connectivity index (χ1n) is 7.71. The molecule has 0 radical (unpaired) electrons. The maximum absolute atomic E-state index is 11.4. The summed E-state index contributed by atoms with van der Waals surface area (Å²) in [5.74, 6) is 0.427. The number of nitro benzene ring substituents is 1. The van der Waals surface area contributed by atoms with E-state index < -0.39 is 0 Å². The molecule has 1 aliphatic carbocycles. The molecular weight excluding hydrogens is 347 g/mol. The lowest BCUT2D eigenvalue weighted by Crippen LogP contribution is -2.29. The van der Waals surface area contributed by atoms with Crippen LogP contribution in [0.15, 0.2) is 48.6 Å². The van der Waals surface area contributed by atoms with Crippen molar-refractivity contribution in [3.05, 3.63) is 79.8 Å². The molecule has 3 atom stereocenters. The summed E-state index contributed by atoms with van der Waals surface area (Å²) in [6.07, 6.45) is 5.19. The van der Waals surface area contributed by atoms with Gasteiger partial charge in [-0.1, -0.05) is 53.6 Å². The summed E-state index contributed by atoms with van der Waals surface area (Å²) in [5.41, 5.74) is 2.58. The van der Waals surface area contributed by atoms with Crippen LogP contribution in [0.25, 0.3) is 0 Å². The third kappa shape index (κ3) is 2.38. The van der Waals surface area contributed by atoms with E-state index in [-0.39, 0.29) is 28.5 Å². The predicted molar refractivity (Wildman–Crippen MR) is 95.9 cm³/mol. The molecule has 24 heavy (non-hydrogen) atoms. The van der Waals surface area contributed by atoms with Crippen LogP contribution in [-0.4, -0.2) is 4.92 Å². The van der Waals surface area contributed by atoms with Gasteiger partial charge in [-0.25, -0.2) is 0 Å². The molecule has 0 fully saturated rings. The minimum absolute atomic E-state index is 0.0941. The number of para-hydroxylation sites is 1. The van der Waals surface area contributed by atoms with Crippen LogP contribution in [0.4, 0.5) is 11.4 Å². The van der Waals surface area contributed by atoms with Gasteiger partial charge in [0.1, 0.15) is 5.69 Å². The van der Waals surface area contributed by atoms with Gasteiger partial charge in [-0.3, -0.25) is 10.1 Å². The first kappa shape index (κ1) is 15.5. The average molecular weight is 361 g/mol. The van der Waals surface area contributed by atoms with Gasteiger partial charge in [0.25, 0.3) is 5.69 Å². The van der Waals surface area contributed by atoms with Gasteiger partial charge in [0, 0.05) is 22.0 Å². The standard InChI is InChI=1S/C18H14Cl2N2O2/c19-10-7-8-14(15(20)9-10)17-12-4-1-3-11(12)13-5-2-6-16(22(23)24)18(13)21-17/h1-3,5-9,11-12,17,21H,4H2/t11-,12-,17+/m1/s1. The van der Waals surface area contributed by atoms with Gasteiger partial charge in [-0.15, -0.1) is 0 Å². The minimum atomic E-state index is -0.342. The van der Waals surface area contributed by atoms with Crippen LogP contribution in [0.1, 0.15) is 29.5 Å². The number of anilines is 1. The molecule has 2 aliphatic rings. The number of fused-ring (bicyclic) bond motifs is 3. The fourth-order valence-corrected chi connectivity index (χ4v) is 4.34. The van der Waals surface area contributed by atoms with E-state index in [1.807, 2.05) is 12.1 Å². The Bertz CT molecular complexity index is 866. The van der Waals surface area contributed by atoms with E-state index in [4.69, 9.17) is 23.2 Å². The zero-order chi connectivity index (χ0) is 16.8. The second-order valence-electron chi connectivity index (χ2n) is 6.14. The maximum atomic E-state index is 11.4. The van der Waals surface area contributed by atoms with Crippen molar-refractivity contribution in [3.8, 4) is 0 Å². The summed E-state index contributed by atoms with van der Waals surface area (Å²) in [4.78, 5) is 11.1. The van der Waals surface area contributed by atoms with E-state index in [0.717, 1.165) is 17.5 Å². The summed E-state index contributed by atoms with van der Waals surface area (Å²) in [5, 5.41) is 16.0. The molecule has 6 heteroatoms. The molecule has 1 aliphatic heterocycles. The number of hydrogen-bond donors (Lipinski definition) is 1. The number of nitrogens with zero attached hydrogens (tertiary/aromatic N) is 1. The van der Waals surface area contributed by atoms with Crippen molar-refractivity contribution in [1.82, 2.24) is 0 Å². The first-order valence-corrected chi connectivity index (χ1v) is 8.47. The Balaban J connectivity index is 1.86. The molecule has 2 aromatic carbocycles. The van der Waals surface area contributed by atoms with Crippen molar-refractivity contribution in [2.75, 3.05) is 5.32 Å². The molecular formula is C18H14Cl2N2O2. The van der Waals surface area contributed by atoms with Crippen LogP contribution in [-0.2, 0) is 0 Å². The van der Waals surface area contributed by atoms with E-state index in [0.29, 0.717) is 15.7 Å². The summed E-state index contributed by atoms with van der Waals surface area (Å²) < 4.78 is 0. The van der Waals surface area contributed by atoms with Crippen molar-refractivity contribution in [1.29, 1.82) is 0 Å². The number of rotatable bonds is 2. The van der Waals surface area contributed by atoms with Crippen LogP contribution in [0.2, 0.25) is 10.0 Å². The Morgan fingerprint density at radius 2 is 2.00 bits per heavy atom. The van der Waals surface area contributed by atoms with Crippen molar-refractivity contribution in [3.63, 3.8) is 0 Å². The number of nitrogens with one attached hydrogen (secondary N) is 1. The molecule has 0 bridgehead atoms. The second-order valence-corrected chi connectivity index (χ2v) is 6.98. The van der Waals surface area contributed by atoms with Crippen LogP contribution < -0.4 is 5.32 Å². The zero-order valence-corrected chi connectivity index (χ0v) is 14.1. The van der Waals surface area contributed by atoms with Gasteiger partial charge < -0.3 is 5.32 Å². The van der Waals surface area contributed by atoms with E-state index in [1.165, 1.54) is 6.07 Å². The molecule has 2 aromatic rings. The lowest BCUT2D eigenvalue weighted by Gasteiger charge is -2.37. The van der Waals surface area contributed by atoms with Gasteiger partial charge in [0.05, 0.1) is 11.0 Å². The Kier molecular flexibility index (Phi) is 3.74. The smallest absolute Gasteiger partial charge is 0.292 e. The molecule has 0 saturated heterocycles. The van der Waals surface area contributed by atoms with Gasteiger partial charge in [-0.05, 0) is 35.6 Å². The molecule has 4 rings (SSSR count). The molecule has 0 amide bonds. The van der Waals surface area contributed by atoms with Crippen molar-refractivity contribution in [2.24, 2.45) is 5.92 Å². The summed E-state index contributed by atoms with van der Waals surface area (Å²) >= 11 is 12.4. The highest BCUT2D eigenvalue weighted by Crippen LogP contribution is 2.52. The monoisotopic (exact) mass is 360 g/mol. The second kappa shape index (κ2) is 5.80. The third-order valence-corrected chi connectivity index (χ3v) is 5.43. The van der Waals surface area contributed by atoms with Crippen molar-refractivity contribution >= 4 is 34.6 Å².